The van der Waals surface area contributed by atoms with Crippen molar-refractivity contribution in [2.45, 2.75) is 50.8 Å². The second-order valence-corrected chi connectivity index (χ2v) is 10.6. The van der Waals surface area contributed by atoms with E-state index in [-0.39, 0.29) is 61.1 Å². The number of aliphatic carboxylic acids is 1. The summed E-state index contributed by atoms with van der Waals surface area (Å²) >= 11 is 1.21. The number of rotatable bonds is 11. The number of halogens is 5. The number of benzene rings is 2. The Morgan fingerprint density at radius 1 is 1.07 bits per heavy atom. The molecule has 40 heavy (non-hydrogen) atoms. The first-order valence-corrected chi connectivity index (χ1v) is 13.2. The number of ether oxygens (including phenoxy) is 1. The molecule has 1 aliphatic rings. The summed E-state index contributed by atoms with van der Waals surface area (Å²) in [6.45, 7) is 3.39. The number of carbonyl (C=O) groups is 3. The summed E-state index contributed by atoms with van der Waals surface area (Å²) in [6.07, 6.45) is -1.62. The van der Waals surface area contributed by atoms with Crippen molar-refractivity contribution in [3.8, 4) is 5.75 Å². The second kappa shape index (κ2) is 14.6. The van der Waals surface area contributed by atoms with Crippen molar-refractivity contribution in [2.75, 3.05) is 12.3 Å². The average molecular weight is 608 g/mol. The molecule has 1 saturated heterocycles. The topological polar surface area (TPSA) is 122 Å². The Hall–Kier alpha value is -3.03. The molecule has 1 heterocycles. The lowest BCUT2D eigenvalue weighted by Gasteiger charge is -2.24. The maximum absolute atomic E-state index is 14.6. The van der Waals surface area contributed by atoms with Gasteiger partial charge in [-0.15, -0.1) is 24.2 Å². The minimum atomic E-state index is -1.33. The average Bonchev–Trinajstić information content (AvgIpc) is 3.35. The van der Waals surface area contributed by atoms with Gasteiger partial charge in [-0.2, -0.15) is 0 Å². The van der Waals surface area contributed by atoms with Crippen LogP contribution in [0.1, 0.15) is 31.4 Å². The van der Waals surface area contributed by atoms with Crippen LogP contribution in [-0.4, -0.2) is 57.6 Å². The summed E-state index contributed by atoms with van der Waals surface area (Å²) in [5.41, 5.74) is 5.92. The first-order valence-electron chi connectivity index (χ1n) is 12.1. The molecule has 0 spiro atoms. The van der Waals surface area contributed by atoms with Crippen LogP contribution < -0.4 is 15.8 Å². The fraction of sp³-hybridized carbons (Fsp3) is 0.423. The van der Waals surface area contributed by atoms with Crippen LogP contribution in [0, 0.1) is 29.2 Å². The zero-order valence-corrected chi connectivity index (χ0v) is 23.3. The molecular weight excluding hydrogens is 578 g/mol. The molecular formula is C26H30ClF4N3O5S. The van der Waals surface area contributed by atoms with Gasteiger partial charge in [0.15, 0.2) is 23.1 Å². The van der Waals surface area contributed by atoms with Crippen LogP contribution in [0.3, 0.4) is 0 Å². The normalized spacial score (nSPS) is 16.3. The Balaban J connectivity index is 0.00000560. The quantitative estimate of drug-likeness (QED) is 0.263. The van der Waals surface area contributed by atoms with E-state index in [0.29, 0.717) is 17.9 Å². The number of nitrogens with one attached hydrogen (secondary N) is 1. The zero-order chi connectivity index (χ0) is 28.9. The van der Waals surface area contributed by atoms with Gasteiger partial charge in [-0.05, 0) is 24.1 Å². The van der Waals surface area contributed by atoms with E-state index in [4.69, 9.17) is 10.5 Å². The summed E-state index contributed by atoms with van der Waals surface area (Å²) < 4.78 is 60.5. The standard InChI is InChI=1S/C26H29F4N3O5S.ClH/c1-13(2)23(26(36)37)38-17-4-3-14(18(27)10-17)12-32-24(35)25-33(5-6-39-25)22(34)9-16(31)7-15-8-20(29)21(30)11-19(15)28;/h3-4,8,10-11,13,16,23,25H,5-7,9,12,31H2,1-2H3,(H,32,35)(H,36,37);1H/t16-,23?,25?;/m1./s1. The van der Waals surface area contributed by atoms with Crippen LogP contribution in [0.5, 0.6) is 5.75 Å². The number of thioether (sulfide) groups is 1. The zero-order valence-electron chi connectivity index (χ0n) is 21.7. The van der Waals surface area contributed by atoms with Crippen molar-refractivity contribution < 1.29 is 41.8 Å². The Kier molecular flexibility index (Phi) is 12.1. The van der Waals surface area contributed by atoms with Crippen molar-refractivity contribution in [3.05, 3.63) is 64.7 Å². The number of nitrogens with zero attached hydrogens (tertiary/aromatic N) is 1. The van der Waals surface area contributed by atoms with Crippen molar-refractivity contribution in [1.29, 1.82) is 0 Å². The number of nitrogens with two attached hydrogens (primary N) is 1. The van der Waals surface area contributed by atoms with E-state index in [0.717, 1.165) is 6.07 Å². The van der Waals surface area contributed by atoms with Gasteiger partial charge >= 0.3 is 5.97 Å². The summed E-state index contributed by atoms with van der Waals surface area (Å²) in [7, 11) is 0. The van der Waals surface area contributed by atoms with Gasteiger partial charge in [0, 0.05) is 54.9 Å². The lowest BCUT2D eigenvalue weighted by atomic mass is 10.0. The largest absolute Gasteiger partial charge is 0.478 e. The van der Waals surface area contributed by atoms with E-state index in [1.165, 1.54) is 28.8 Å². The fourth-order valence-corrected chi connectivity index (χ4v) is 5.15. The highest BCUT2D eigenvalue weighted by Gasteiger charge is 2.35. The number of hydrogen-bond donors (Lipinski definition) is 3. The fourth-order valence-electron chi connectivity index (χ4n) is 3.99. The molecule has 8 nitrogen and oxygen atoms in total. The van der Waals surface area contributed by atoms with E-state index in [9.17, 15) is 37.1 Å². The number of hydrogen-bond acceptors (Lipinski definition) is 6. The predicted octanol–water partition coefficient (Wildman–Crippen LogP) is 3.63. The number of carbonyl (C=O) groups excluding carboxylic acids is 2. The van der Waals surface area contributed by atoms with E-state index < -0.39 is 58.6 Å². The van der Waals surface area contributed by atoms with Crippen molar-refractivity contribution >= 4 is 42.0 Å². The van der Waals surface area contributed by atoms with E-state index in [1.54, 1.807) is 13.8 Å². The third kappa shape index (κ3) is 8.48. The number of amides is 2. The molecule has 0 aromatic heterocycles. The first kappa shape index (κ1) is 33.2. The summed E-state index contributed by atoms with van der Waals surface area (Å²) in [4.78, 5) is 38.2. The summed E-state index contributed by atoms with van der Waals surface area (Å²) in [5.74, 6) is -6.25. The highest BCUT2D eigenvalue weighted by molar-refractivity contribution is 8.00. The van der Waals surface area contributed by atoms with Gasteiger partial charge in [-0.3, -0.25) is 9.59 Å². The van der Waals surface area contributed by atoms with Crippen molar-refractivity contribution in [2.24, 2.45) is 11.7 Å². The smallest absolute Gasteiger partial charge is 0.345 e. The van der Waals surface area contributed by atoms with Crippen molar-refractivity contribution in [3.63, 3.8) is 0 Å². The molecule has 1 aliphatic heterocycles. The Bertz CT molecular complexity index is 1240. The van der Waals surface area contributed by atoms with Crippen LogP contribution in [0.2, 0.25) is 0 Å². The summed E-state index contributed by atoms with van der Waals surface area (Å²) in [6, 6.07) is 4.02. The van der Waals surface area contributed by atoms with Crippen LogP contribution >= 0.6 is 24.2 Å². The number of carboxylic acids is 1. The minimum absolute atomic E-state index is 0. The Labute approximate surface area is 239 Å². The van der Waals surface area contributed by atoms with E-state index >= 15 is 0 Å². The van der Waals surface area contributed by atoms with Gasteiger partial charge in [-0.1, -0.05) is 19.9 Å². The maximum Gasteiger partial charge on any atom is 0.345 e. The molecule has 0 radical (unpaired) electrons. The second-order valence-electron chi connectivity index (χ2n) is 9.43. The molecule has 2 amide bonds. The molecule has 2 aromatic rings. The molecule has 0 aliphatic carbocycles. The molecule has 0 saturated carbocycles. The SMILES string of the molecule is CC(C)C(Oc1ccc(CNC(=O)C2SCCN2C(=O)C[C@H](N)Cc2cc(F)c(F)cc2F)c(F)c1)C(=O)O.Cl. The molecule has 1 fully saturated rings. The molecule has 3 rings (SSSR count). The predicted molar refractivity (Wildman–Crippen MR) is 143 cm³/mol. The van der Waals surface area contributed by atoms with Gasteiger partial charge in [0.05, 0.1) is 0 Å². The monoisotopic (exact) mass is 607 g/mol. The van der Waals surface area contributed by atoms with Crippen molar-refractivity contribution in [1.82, 2.24) is 10.2 Å². The third-order valence-electron chi connectivity index (χ3n) is 6.03. The van der Waals surface area contributed by atoms with Gasteiger partial charge in [-0.25, -0.2) is 22.4 Å². The summed E-state index contributed by atoms with van der Waals surface area (Å²) in [5, 5.41) is 10.9. The maximum atomic E-state index is 14.6. The Morgan fingerprint density at radius 3 is 2.35 bits per heavy atom. The van der Waals surface area contributed by atoms with Crippen LogP contribution in [0.15, 0.2) is 30.3 Å². The molecule has 2 aromatic carbocycles. The molecule has 2 unspecified atom stereocenters. The lowest BCUT2D eigenvalue weighted by Crippen LogP contribution is -2.46. The van der Waals surface area contributed by atoms with E-state index in [1.807, 2.05) is 0 Å². The third-order valence-corrected chi connectivity index (χ3v) is 7.24. The van der Waals surface area contributed by atoms with Gasteiger partial charge < -0.3 is 25.8 Å². The van der Waals surface area contributed by atoms with E-state index in [2.05, 4.69) is 5.32 Å². The molecule has 3 atom stereocenters. The molecule has 0 bridgehead atoms. The van der Waals surface area contributed by atoms with Crippen LogP contribution in [0.4, 0.5) is 17.6 Å². The number of carboxylic acid groups (broad SMARTS) is 1. The highest BCUT2D eigenvalue weighted by Crippen LogP contribution is 2.26. The van der Waals surface area contributed by atoms with Gasteiger partial charge in [0.1, 0.15) is 17.4 Å². The molecule has 4 N–H and O–H groups in total. The lowest BCUT2D eigenvalue weighted by molar-refractivity contribution is -0.147. The van der Waals surface area contributed by atoms with Crippen LogP contribution in [-0.2, 0) is 27.3 Å². The first-order chi connectivity index (χ1) is 18.4. The van der Waals surface area contributed by atoms with Gasteiger partial charge in [0.25, 0.3) is 5.91 Å². The highest BCUT2D eigenvalue weighted by atomic mass is 35.5. The minimum Gasteiger partial charge on any atom is -0.478 e. The molecule has 14 heteroatoms. The van der Waals surface area contributed by atoms with Gasteiger partial charge in [0.2, 0.25) is 5.91 Å². The Morgan fingerprint density at radius 2 is 1.73 bits per heavy atom. The van der Waals surface area contributed by atoms with Crippen LogP contribution in [0.25, 0.3) is 0 Å². The molecule has 220 valence electrons.